The van der Waals surface area contributed by atoms with Crippen molar-refractivity contribution in [1.29, 1.82) is 0 Å². The fourth-order valence-electron chi connectivity index (χ4n) is 1.15. The molecule has 2 nitrogen and oxygen atoms in total. The minimum Gasteiger partial charge on any atom is -0.493 e. The summed E-state index contributed by atoms with van der Waals surface area (Å²) in [7, 11) is 0. The molecule has 0 heterocycles. The Morgan fingerprint density at radius 3 is 2.47 bits per heavy atom. The highest BCUT2D eigenvalue weighted by atomic mass is 79.9. The van der Waals surface area contributed by atoms with Crippen molar-refractivity contribution in [1.82, 2.24) is 0 Å². The van der Waals surface area contributed by atoms with Crippen LogP contribution < -0.4 is 4.74 Å². The molecule has 17 heavy (non-hydrogen) atoms. The molecule has 0 aliphatic rings. The number of carbonyl (C=O) groups is 1. The van der Waals surface area contributed by atoms with Gasteiger partial charge in [-0.15, -0.1) is 0 Å². The highest BCUT2D eigenvalue weighted by Crippen LogP contribution is 2.34. The van der Waals surface area contributed by atoms with Gasteiger partial charge in [-0.25, -0.2) is 4.39 Å². The molecule has 94 valence electrons. The summed E-state index contributed by atoms with van der Waals surface area (Å²) in [4.78, 5) is 11.0. The number of halogens is 5. The van der Waals surface area contributed by atoms with E-state index in [-0.39, 0.29) is 16.8 Å². The summed E-state index contributed by atoms with van der Waals surface area (Å²) < 4.78 is 54.6. The number of alkyl halides is 3. The number of hydrogen-bond acceptors (Lipinski definition) is 2. The Morgan fingerprint density at radius 2 is 2.00 bits per heavy atom. The van der Waals surface area contributed by atoms with Gasteiger partial charge >= 0.3 is 6.18 Å². The zero-order valence-electron chi connectivity index (χ0n) is 8.57. The first-order valence-corrected chi connectivity index (χ1v) is 5.30. The highest BCUT2D eigenvalue weighted by Gasteiger charge is 2.42. The molecule has 0 saturated carbocycles. The molecule has 0 fully saturated rings. The third kappa shape index (κ3) is 2.96. The number of carbonyl (C=O) groups excluding carboxylic acids is 1. The summed E-state index contributed by atoms with van der Waals surface area (Å²) in [6.45, 7) is 1.80. The monoisotopic (exact) mass is 314 g/mol. The van der Waals surface area contributed by atoms with Crippen molar-refractivity contribution in [2.24, 2.45) is 0 Å². The van der Waals surface area contributed by atoms with Crippen LogP contribution in [-0.4, -0.2) is 18.6 Å². The van der Waals surface area contributed by atoms with Crippen molar-refractivity contribution < 1.29 is 27.1 Å². The third-order valence-electron chi connectivity index (χ3n) is 1.84. The zero-order valence-corrected chi connectivity index (χ0v) is 10.2. The van der Waals surface area contributed by atoms with Crippen LogP contribution in [0.25, 0.3) is 0 Å². The Labute approximate surface area is 103 Å². The minimum atomic E-state index is -5.13. The number of rotatable bonds is 3. The van der Waals surface area contributed by atoms with Crippen LogP contribution in [-0.2, 0) is 0 Å². The molecule has 0 N–H and O–H groups in total. The van der Waals surface area contributed by atoms with E-state index in [1.54, 1.807) is 6.92 Å². The first-order chi connectivity index (χ1) is 7.79. The minimum absolute atomic E-state index is 0.0125. The maximum absolute atomic E-state index is 13.2. The number of ketones is 1. The van der Waals surface area contributed by atoms with Crippen LogP contribution in [0.1, 0.15) is 17.3 Å². The van der Waals surface area contributed by atoms with Gasteiger partial charge < -0.3 is 4.74 Å². The Hall–Kier alpha value is -1.11. The Bertz CT molecular complexity index is 443. The van der Waals surface area contributed by atoms with E-state index in [4.69, 9.17) is 4.74 Å². The number of hydrogen-bond donors (Lipinski definition) is 0. The second-order valence-electron chi connectivity index (χ2n) is 2.99. The quantitative estimate of drug-likeness (QED) is 0.627. The van der Waals surface area contributed by atoms with E-state index in [1.165, 1.54) is 0 Å². The van der Waals surface area contributed by atoms with Gasteiger partial charge in [-0.1, -0.05) is 0 Å². The Morgan fingerprint density at radius 1 is 1.41 bits per heavy atom. The first-order valence-electron chi connectivity index (χ1n) is 4.51. The smallest absolute Gasteiger partial charge is 0.455 e. The van der Waals surface area contributed by atoms with E-state index in [9.17, 15) is 22.4 Å². The SMILES string of the molecule is CCOc1ccc(F)c(C(=O)C(F)(F)F)c1Br. The van der Waals surface area contributed by atoms with Gasteiger partial charge in [-0.2, -0.15) is 13.2 Å². The van der Waals surface area contributed by atoms with E-state index >= 15 is 0 Å². The Kier molecular flexibility index (Phi) is 4.13. The highest BCUT2D eigenvalue weighted by molar-refractivity contribution is 9.10. The molecule has 0 unspecified atom stereocenters. The van der Waals surface area contributed by atoms with E-state index in [0.717, 1.165) is 12.1 Å². The molecule has 0 atom stereocenters. The molecule has 0 bridgehead atoms. The molecule has 7 heteroatoms. The molecule has 0 saturated heterocycles. The fourth-order valence-corrected chi connectivity index (χ4v) is 1.77. The first kappa shape index (κ1) is 14.0. The van der Waals surface area contributed by atoms with Gasteiger partial charge in [0.25, 0.3) is 5.78 Å². The lowest BCUT2D eigenvalue weighted by Crippen LogP contribution is -2.24. The van der Waals surface area contributed by atoms with Crippen molar-refractivity contribution >= 4 is 21.7 Å². The molecule has 0 aliphatic heterocycles. The summed E-state index contributed by atoms with van der Waals surface area (Å²) in [5, 5.41) is 0. The lowest BCUT2D eigenvalue weighted by Gasteiger charge is -2.12. The molecule has 0 radical (unpaired) electrons. The van der Waals surface area contributed by atoms with Crippen LogP contribution in [0, 0.1) is 5.82 Å². The zero-order chi connectivity index (χ0) is 13.2. The molecule has 1 aromatic carbocycles. The molecule has 1 aromatic rings. The van der Waals surface area contributed by atoms with Crippen LogP contribution in [0.3, 0.4) is 0 Å². The van der Waals surface area contributed by atoms with Crippen LogP contribution in [0.4, 0.5) is 17.6 Å². The van der Waals surface area contributed by atoms with Crippen molar-refractivity contribution in [2.75, 3.05) is 6.61 Å². The van der Waals surface area contributed by atoms with Crippen molar-refractivity contribution in [3.63, 3.8) is 0 Å². The van der Waals surface area contributed by atoms with Crippen LogP contribution in [0.2, 0.25) is 0 Å². The average Bonchev–Trinajstić information content (AvgIpc) is 2.21. The third-order valence-corrected chi connectivity index (χ3v) is 2.63. The summed E-state index contributed by atoms with van der Waals surface area (Å²) in [5.74, 6) is -3.51. The van der Waals surface area contributed by atoms with Gasteiger partial charge in [-0.3, -0.25) is 4.79 Å². The van der Waals surface area contributed by atoms with E-state index in [1.807, 2.05) is 0 Å². The summed E-state index contributed by atoms with van der Waals surface area (Å²) in [5.41, 5.74) is -1.07. The van der Waals surface area contributed by atoms with Gasteiger partial charge in [0.15, 0.2) is 0 Å². The maximum Gasteiger partial charge on any atom is 0.455 e. The van der Waals surface area contributed by atoms with E-state index in [0.29, 0.717) is 0 Å². The van der Waals surface area contributed by atoms with Crippen LogP contribution in [0.15, 0.2) is 16.6 Å². The molecular formula is C10H7BrF4O2. The van der Waals surface area contributed by atoms with Crippen molar-refractivity contribution in [3.8, 4) is 5.75 Å². The van der Waals surface area contributed by atoms with Crippen LogP contribution in [0.5, 0.6) is 5.75 Å². The largest absolute Gasteiger partial charge is 0.493 e. The van der Waals surface area contributed by atoms with Gasteiger partial charge in [0, 0.05) is 0 Å². The summed E-state index contributed by atoms with van der Waals surface area (Å²) >= 11 is 2.74. The van der Waals surface area contributed by atoms with Gasteiger partial charge in [0.1, 0.15) is 11.6 Å². The lowest BCUT2D eigenvalue weighted by molar-refractivity contribution is -0.0888. The predicted molar refractivity (Wildman–Crippen MR) is 55.7 cm³/mol. The maximum atomic E-state index is 13.2. The second-order valence-corrected chi connectivity index (χ2v) is 3.79. The van der Waals surface area contributed by atoms with Crippen LogP contribution >= 0.6 is 15.9 Å². The molecule has 0 aromatic heterocycles. The van der Waals surface area contributed by atoms with E-state index in [2.05, 4.69) is 15.9 Å². The number of ether oxygens (including phenoxy) is 1. The molecular weight excluding hydrogens is 308 g/mol. The van der Waals surface area contributed by atoms with Gasteiger partial charge in [0.2, 0.25) is 0 Å². The predicted octanol–water partition coefficient (Wildman–Crippen LogP) is 3.73. The van der Waals surface area contributed by atoms with Crippen molar-refractivity contribution in [2.45, 2.75) is 13.1 Å². The lowest BCUT2D eigenvalue weighted by atomic mass is 10.1. The van der Waals surface area contributed by atoms with Crippen molar-refractivity contribution in [3.05, 3.63) is 28.0 Å². The molecule has 0 aliphatic carbocycles. The van der Waals surface area contributed by atoms with Gasteiger partial charge in [-0.05, 0) is 35.0 Å². The normalized spacial score (nSPS) is 11.4. The topological polar surface area (TPSA) is 26.3 Å². The second kappa shape index (κ2) is 5.03. The molecule has 0 spiro atoms. The van der Waals surface area contributed by atoms with E-state index < -0.39 is 23.3 Å². The van der Waals surface area contributed by atoms with Gasteiger partial charge in [0.05, 0.1) is 16.6 Å². The molecule has 0 amide bonds. The summed E-state index contributed by atoms with van der Waals surface area (Å²) in [6, 6.07) is 1.91. The molecule has 1 rings (SSSR count). The fraction of sp³-hybridized carbons (Fsp3) is 0.300. The standard InChI is InChI=1S/C10H7BrF4O2/c1-2-17-6-4-3-5(12)7(8(6)11)9(16)10(13,14)15/h3-4H,2H2,1H3. The number of benzene rings is 1. The Balaban J connectivity index is 3.32. The average molecular weight is 315 g/mol. The number of Topliss-reactive ketones (excluding diaryl/α,β-unsaturated/α-hetero) is 1. The summed E-state index contributed by atoms with van der Waals surface area (Å²) in [6.07, 6.45) is -5.13.